The average Bonchev–Trinajstić information content (AvgIpc) is 3.29. The number of carbonyl (C=O) groups excluding carboxylic acids is 4. The van der Waals surface area contributed by atoms with Crippen LogP contribution in [0.5, 0.6) is 0 Å². The van der Waals surface area contributed by atoms with Gasteiger partial charge >= 0.3 is 5.97 Å². The fourth-order valence-corrected chi connectivity index (χ4v) is 7.83. The molecular formula is C34H23Cl2NO5. The number of ether oxygens (including phenoxy) is 1. The van der Waals surface area contributed by atoms with Crippen LogP contribution in [-0.4, -0.2) is 30.2 Å². The van der Waals surface area contributed by atoms with Crippen molar-refractivity contribution in [2.24, 2.45) is 11.8 Å². The SMILES string of the molecule is Cc1ccc(C(=O)COC(=O)c2cccc(N3C(=O)[C@@H]4[C@H](C3=O)C3(Cl)c5ccccc5C4(Cl)c4ccccc43)c2)cc1. The topological polar surface area (TPSA) is 80.8 Å². The summed E-state index contributed by atoms with van der Waals surface area (Å²) >= 11 is 15.0. The van der Waals surface area contributed by atoms with Gasteiger partial charge in [0.05, 0.1) is 23.1 Å². The maximum absolute atomic E-state index is 14.2. The van der Waals surface area contributed by atoms with Gasteiger partial charge in [0.15, 0.2) is 12.4 Å². The van der Waals surface area contributed by atoms with Crippen molar-refractivity contribution in [1.29, 1.82) is 0 Å². The number of hydrogen-bond donors (Lipinski definition) is 0. The van der Waals surface area contributed by atoms with Gasteiger partial charge in [-0.2, -0.15) is 0 Å². The molecule has 4 aromatic rings. The Kier molecular flexibility index (Phi) is 5.95. The summed E-state index contributed by atoms with van der Waals surface area (Å²) in [6, 6.07) is 27.8. The predicted molar refractivity (Wildman–Crippen MR) is 158 cm³/mol. The molecule has 1 fully saturated rings. The van der Waals surface area contributed by atoms with Gasteiger partial charge in [-0.15, -0.1) is 23.2 Å². The Morgan fingerprint density at radius 3 is 1.71 bits per heavy atom. The quantitative estimate of drug-likeness (QED) is 0.120. The minimum atomic E-state index is -1.30. The van der Waals surface area contributed by atoms with Gasteiger partial charge in [0.2, 0.25) is 11.8 Å². The molecule has 208 valence electrons. The highest BCUT2D eigenvalue weighted by molar-refractivity contribution is 6.38. The molecule has 0 saturated carbocycles. The number of rotatable bonds is 5. The molecular weight excluding hydrogens is 573 g/mol. The second kappa shape index (κ2) is 9.38. The first-order chi connectivity index (χ1) is 20.2. The van der Waals surface area contributed by atoms with E-state index in [0.717, 1.165) is 10.5 Å². The number of aryl methyl sites for hydroxylation is 1. The Balaban J connectivity index is 1.22. The molecule has 3 aliphatic carbocycles. The van der Waals surface area contributed by atoms with Crippen molar-refractivity contribution in [3.05, 3.63) is 136 Å². The molecule has 8 rings (SSSR count). The number of carbonyl (C=O) groups is 4. The first-order valence-corrected chi connectivity index (χ1v) is 14.3. The highest BCUT2D eigenvalue weighted by atomic mass is 35.5. The van der Waals surface area contributed by atoms with Crippen LogP contribution in [0.1, 0.15) is 48.5 Å². The fraction of sp³-hybridized carbons (Fsp3) is 0.176. The van der Waals surface area contributed by atoms with Crippen LogP contribution < -0.4 is 4.90 Å². The van der Waals surface area contributed by atoms with Gasteiger partial charge in [0.25, 0.3) is 0 Å². The van der Waals surface area contributed by atoms with Crippen molar-refractivity contribution in [1.82, 2.24) is 0 Å². The number of amides is 2. The minimum absolute atomic E-state index is 0.0930. The molecule has 0 spiro atoms. The smallest absolute Gasteiger partial charge is 0.338 e. The summed E-state index contributed by atoms with van der Waals surface area (Å²) in [5, 5.41) is 0. The number of esters is 1. The van der Waals surface area contributed by atoms with E-state index in [4.69, 9.17) is 27.9 Å². The van der Waals surface area contributed by atoms with Crippen molar-refractivity contribution in [3.8, 4) is 0 Å². The van der Waals surface area contributed by atoms with E-state index in [1.807, 2.05) is 55.5 Å². The van der Waals surface area contributed by atoms with E-state index >= 15 is 0 Å². The summed E-state index contributed by atoms with van der Waals surface area (Å²) in [5.41, 5.74) is 4.56. The van der Waals surface area contributed by atoms with E-state index in [2.05, 4.69) is 0 Å². The van der Waals surface area contributed by atoms with Crippen LogP contribution in [0.2, 0.25) is 0 Å². The van der Waals surface area contributed by atoms with Gasteiger partial charge in [-0.25, -0.2) is 9.69 Å². The Hall–Kier alpha value is -4.26. The van der Waals surface area contributed by atoms with E-state index in [9.17, 15) is 19.2 Å². The van der Waals surface area contributed by atoms with Crippen LogP contribution in [0.4, 0.5) is 5.69 Å². The number of imide groups is 1. The third-order valence-corrected chi connectivity index (χ3v) is 9.92. The summed E-state index contributed by atoms with van der Waals surface area (Å²) < 4.78 is 5.28. The van der Waals surface area contributed by atoms with Crippen LogP contribution in [-0.2, 0) is 24.1 Å². The van der Waals surface area contributed by atoms with Gasteiger partial charge in [0.1, 0.15) is 9.75 Å². The lowest BCUT2D eigenvalue weighted by molar-refractivity contribution is -0.122. The van der Waals surface area contributed by atoms with E-state index < -0.39 is 46.0 Å². The van der Waals surface area contributed by atoms with Crippen LogP contribution in [0, 0.1) is 18.8 Å². The summed E-state index contributed by atoms with van der Waals surface area (Å²) in [6.07, 6.45) is 0. The van der Waals surface area contributed by atoms with Crippen LogP contribution >= 0.6 is 23.2 Å². The second-order valence-corrected chi connectivity index (χ2v) is 12.1. The number of hydrogen-bond acceptors (Lipinski definition) is 5. The van der Waals surface area contributed by atoms with E-state index in [1.54, 1.807) is 36.4 Å². The molecule has 0 unspecified atom stereocenters. The molecule has 42 heavy (non-hydrogen) atoms. The standard InChI is InChI=1S/C34H23Cl2NO5/c1-19-13-15-20(16-14-19)27(38)18-42-32(41)21-7-6-8-22(17-21)37-30(39)28-29(31(37)40)34(36)24-10-3-2-9-23(24)33(28,35)25-11-4-5-12-26(25)34/h2-17,28-29H,18H2,1H3/t28-,29+,33?,34?. The van der Waals surface area contributed by atoms with Crippen molar-refractivity contribution in [3.63, 3.8) is 0 Å². The molecule has 4 aromatic carbocycles. The van der Waals surface area contributed by atoms with Crippen LogP contribution in [0.25, 0.3) is 0 Å². The van der Waals surface area contributed by atoms with E-state index in [-0.39, 0.29) is 17.0 Å². The molecule has 8 heteroatoms. The maximum atomic E-state index is 14.2. The zero-order valence-electron chi connectivity index (χ0n) is 22.3. The fourth-order valence-electron chi connectivity index (χ4n) is 6.73. The molecule has 4 aliphatic rings. The van der Waals surface area contributed by atoms with E-state index in [1.165, 1.54) is 12.1 Å². The molecule has 2 atom stereocenters. The van der Waals surface area contributed by atoms with Crippen molar-refractivity contribution in [2.45, 2.75) is 16.7 Å². The van der Waals surface area contributed by atoms with Crippen molar-refractivity contribution < 1.29 is 23.9 Å². The zero-order chi connectivity index (χ0) is 29.4. The number of ketones is 1. The lowest BCUT2D eigenvalue weighted by Gasteiger charge is -2.54. The third-order valence-electron chi connectivity index (χ3n) is 8.63. The van der Waals surface area contributed by atoms with Gasteiger partial charge in [-0.1, -0.05) is 84.4 Å². The number of benzene rings is 4. The van der Waals surface area contributed by atoms with E-state index in [0.29, 0.717) is 27.8 Å². The van der Waals surface area contributed by atoms with Gasteiger partial charge in [-0.05, 0) is 47.4 Å². The highest BCUT2D eigenvalue weighted by Crippen LogP contribution is 2.69. The van der Waals surface area contributed by atoms with Crippen LogP contribution in [0.15, 0.2) is 97.1 Å². The minimum Gasteiger partial charge on any atom is -0.454 e. The Morgan fingerprint density at radius 2 is 1.21 bits per heavy atom. The first kappa shape index (κ1) is 26.6. The average molecular weight is 596 g/mol. The lowest BCUT2D eigenvalue weighted by atomic mass is 9.54. The first-order valence-electron chi connectivity index (χ1n) is 13.5. The summed E-state index contributed by atoms with van der Waals surface area (Å²) in [5.74, 6) is -4.00. The highest BCUT2D eigenvalue weighted by Gasteiger charge is 2.73. The monoisotopic (exact) mass is 595 g/mol. The van der Waals surface area contributed by atoms with Gasteiger partial charge in [-0.3, -0.25) is 14.4 Å². The summed E-state index contributed by atoms with van der Waals surface area (Å²) in [7, 11) is 0. The number of alkyl halides is 2. The second-order valence-electron chi connectivity index (χ2n) is 10.9. The largest absolute Gasteiger partial charge is 0.454 e. The Morgan fingerprint density at radius 1 is 0.714 bits per heavy atom. The molecule has 0 radical (unpaired) electrons. The molecule has 0 aromatic heterocycles. The van der Waals surface area contributed by atoms with Gasteiger partial charge in [0, 0.05) is 5.56 Å². The van der Waals surface area contributed by atoms with Crippen molar-refractivity contribution >= 4 is 52.5 Å². The number of anilines is 1. The third kappa shape index (κ3) is 3.52. The number of Topliss-reactive ketones (excluding diaryl/α,β-unsaturated/α-hetero) is 1. The molecule has 2 amide bonds. The van der Waals surface area contributed by atoms with Gasteiger partial charge < -0.3 is 4.74 Å². The van der Waals surface area contributed by atoms with Crippen LogP contribution in [0.3, 0.4) is 0 Å². The zero-order valence-corrected chi connectivity index (χ0v) is 23.9. The molecule has 6 nitrogen and oxygen atoms in total. The van der Waals surface area contributed by atoms with Crippen molar-refractivity contribution in [2.75, 3.05) is 11.5 Å². The normalized spacial score (nSPS) is 25.1. The Bertz CT molecular complexity index is 1710. The molecule has 2 bridgehead atoms. The molecule has 0 N–H and O–H groups in total. The Labute approximate surface area is 251 Å². The summed E-state index contributed by atoms with van der Waals surface area (Å²) in [4.78, 5) is 52.3. The molecule has 1 heterocycles. The summed E-state index contributed by atoms with van der Waals surface area (Å²) in [6.45, 7) is 1.46. The predicted octanol–water partition coefficient (Wildman–Crippen LogP) is 6.13. The molecule has 1 saturated heterocycles. The molecule has 1 aliphatic heterocycles. The maximum Gasteiger partial charge on any atom is 0.338 e. The number of halogens is 2. The number of nitrogens with zero attached hydrogens (tertiary/aromatic N) is 1. The lowest BCUT2D eigenvalue weighted by Crippen LogP contribution is -2.57.